The number of nitriles is 2. The highest BCUT2D eigenvalue weighted by molar-refractivity contribution is 7.23. The number of benzene rings is 2. The molecule has 276 valence electrons. The summed E-state index contributed by atoms with van der Waals surface area (Å²) in [6.45, 7) is 1.84. The van der Waals surface area contributed by atoms with Gasteiger partial charge in [-0.05, 0) is 43.9 Å². The fraction of sp³-hybridized carbons (Fsp3) is 0.459. The summed E-state index contributed by atoms with van der Waals surface area (Å²) in [7, 11) is 1.53. The Morgan fingerprint density at radius 3 is 2.79 bits per heavy atom. The highest BCUT2D eigenvalue weighted by Gasteiger charge is 2.49. The first-order valence-electron chi connectivity index (χ1n) is 17.5. The van der Waals surface area contributed by atoms with Gasteiger partial charge in [0.05, 0.1) is 38.5 Å². The summed E-state index contributed by atoms with van der Waals surface area (Å²) >= 11 is 8.00. The van der Waals surface area contributed by atoms with E-state index in [-0.39, 0.29) is 122 Å². The quantitative estimate of drug-likeness (QED) is 0.232. The van der Waals surface area contributed by atoms with Crippen molar-refractivity contribution >= 4 is 60.5 Å². The summed E-state index contributed by atoms with van der Waals surface area (Å²) in [6.07, 6.45) is 1.30. The van der Waals surface area contributed by atoms with Crippen molar-refractivity contribution in [2.45, 2.75) is 62.4 Å². The molecular formula is C37H35ClF3N7O4S. The summed E-state index contributed by atoms with van der Waals surface area (Å²) in [6, 6.07) is 6.47. The number of rotatable bonds is 6. The predicted octanol–water partition coefficient (Wildman–Crippen LogP) is 6.21. The molecule has 4 aliphatic rings. The first-order chi connectivity index (χ1) is 25.6. The lowest BCUT2D eigenvalue weighted by Gasteiger charge is -2.40. The molecule has 8 rings (SSSR count). The first kappa shape index (κ1) is 35.5. The van der Waals surface area contributed by atoms with Crippen LogP contribution < -0.4 is 25.4 Å². The van der Waals surface area contributed by atoms with E-state index in [9.17, 15) is 19.7 Å². The molecule has 0 bridgehead atoms. The van der Waals surface area contributed by atoms with Crippen molar-refractivity contribution in [3.8, 4) is 34.9 Å². The molecule has 0 radical (unpaired) electrons. The number of amides is 1. The van der Waals surface area contributed by atoms with Crippen LogP contribution in [0.5, 0.6) is 11.6 Å². The molecule has 3 unspecified atom stereocenters. The van der Waals surface area contributed by atoms with E-state index in [1.807, 2.05) is 11.0 Å². The van der Waals surface area contributed by atoms with Gasteiger partial charge in [-0.2, -0.15) is 10.5 Å². The predicted molar refractivity (Wildman–Crippen MR) is 194 cm³/mol. The Bertz CT molecular complexity index is 2260. The minimum atomic E-state index is -1.02. The number of ether oxygens (including phenoxy) is 3. The topological polar surface area (TPSA) is 150 Å². The summed E-state index contributed by atoms with van der Waals surface area (Å²) in [5.74, 6) is -1.91. The number of fused-ring (bicyclic) bond motifs is 2. The van der Waals surface area contributed by atoms with Crippen molar-refractivity contribution in [2.24, 2.45) is 0 Å². The highest BCUT2D eigenvalue weighted by atomic mass is 35.5. The lowest BCUT2D eigenvalue weighted by atomic mass is 9.93. The lowest BCUT2D eigenvalue weighted by Crippen LogP contribution is -2.48. The summed E-state index contributed by atoms with van der Waals surface area (Å²) < 4.78 is 66.0. The number of pyridine rings is 1. The number of aromatic nitrogens is 1. The number of halogens is 4. The number of nitrogens with one attached hydrogen (secondary N) is 1. The summed E-state index contributed by atoms with van der Waals surface area (Å²) in [5.41, 5.74) is 5.53. The molecule has 4 aliphatic heterocycles. The van der Waals surface area contributed by atoms with Crippen LogP contribution in [0.25, 0.3) is 32.1 Å². The third-order valence-corrected chi connectivity index (χ3v) is 12.5. The minimum Gasteiger partial charge on any atom is -0.491 e. The molecule has 3 N–H and O–H groups in total. The fourth-order valence-corrected chi connectivity index (χ4v) is 9.96. The maximum Gasteiger partial charge on any atom is 0.248 e. The number of alkyl halides is 1. The van der Waals surface area contributed by atoms with E-state index in [1.54, 1.807) is 0 Å². The molecule has 0 spiro atoms. The summed E-state index contributed by atoms with van der Waals surface area (Å²) in [4.78, 5) is 21.4. The zero-order valence-electron chi connectivity index (χ0n) is 28.7. The third kappa shape index (κ3) is 5.68. The third-order valence-electron chi connectivity index (χ3n) is 11.1. The van der Waals surface area contributed by atoms with Gasteiger partial charge in [0, 0.05) is 56.6 Å². The van der Waals surface area contributed by atoms with E-state index >= 15 is 8.78 Å². The minimum absolute atomic E-state index is 0.0179. The lowest BCUT2D eigenvalue weighted by molar-refractivity contribution is -0.135. The SMILES string of the molecule is CNC(=O)C1CC(N2CCCOc3c(Cl)c(-c4ccc(F)c5sc(N)c(C#N)c45)c(F)c4nc(OCC56CCCN5C[C@H](F)C6)c(C#N)c2c34)CCO1. The van der Waals surface area contributed by atoms with Crippen LogP contribution in [0.3, 0.4) is 0 Å². The maximum atomic E-state index is 17.6. The molecule has 2 aromatic heterocycles. The van der Waals surface area contributed by atoms with Crippen LogP contribution >= 0.6 is 22.9 Å². The maximum absolute atomic E-state index is 17.6. The number of nitrogen functional groups attached to an aromatic ring is 1. The first-order valence-corrected chi connectivity index (χ1v) is 18.7. The van der Waals surface area contributed by atoms with Crippen LogP contribution in [0.2, 0.25) is 5.02 Å². The van der Waals surface area contributed by atoms with Crippen LogP contribution in [0.4, 0.5) is 23.9 Å². The molecule has 3 fully saturated rings. The number of likely N-dealkylation sites (N-methyl/N-ethyl adjacent to an activating group) is 1. The van der Waals surface area contributed by atoms with E-state index in [2.05, 4.69) is 21.3 Å². The van der Waals surface area contributed by atoms with Crippen LogP contribution in [-0.4, -0.2) is 86.2 Å². The largest absolute Gasteiger partial charge is 0.491 e. The second kappa shape index (κ2) is 13.7. The Morgan fingerprint density at radius 1 is 1.21 bits per heavy atom. The van der Waals surface area contributed by atoms with Gasteiger partial charge >= 0.3 is 0 Å². The number of anilines is 2. The van der Waals surface area contributed by atoms with Gasteiger partial charge in [0.2, 0.25) is 11.8 Å². The smallest absolute Gasteiger partial charge is 0.248 e. The van der Waals surface area contributed by atoms with Gasteiger partial charge in [0.1, 0.15) is 58.7 Å². The van der Waals surface area contributed by atoms with Crippen LogP contribution in [-0.2, 0) is 9.53 Å². The molecular weight excluding hydrogens is 731 g/mol. The molecule has 11 nitrogen and oxygen atoms in total. The van der Waals surface area contributed by atoms with Crippen molar-refractivity contribution in [3.05, 3.63) is 39.9 Å². The molecule has 3 saturated heterocycles. The second-order valence-corrected chi connectivity index (χ2v) is 15.4. The molecule has 4 aromatic rings. The Morgan fingerprint density at radius 2 is 2.02 bits per heavy atom. The molecule has 1 amide bonds. The van der Waals surface area contributed by atoms with E-state index in [0.717, 1.165) is 30.4 Å². The van der Waals surface area contributed by atoms with E-state index < -0.39 is 29.4 Å². The fourth-order valence-electron chi connectivity index (χ4n) is 8.68. The van der Waals surface area contributed by atoms with Crippen molar-refractivity contribution in [1.82, 2.24) is 15.2 Å². The van der Waals surface area contributed by atoms with Gasteiger partial charge in [-0.1, -0.05) is 17.7 Å². The van der Waals surface area contributed by atoms with Crippen molar-refractivity contribution in [2.75, 3.05) is 57.1 Å². The van der Waals surface area contributed by atoms with Crippen molar-refractivity contribution in [3.63, 3.8) is 0 Å². The van der Waals surface area contributed by atoms with E-state index in [0.29, 0.717) is 25.8 Å². The van der Waals surface area contributed by atoms with E-state index in [4.69, 9.17) is 31.5 Å². The number of nitrogens with two attached hydrogens (primary N) is 1. The van der Waals surface area contributed by atoms with Gasteiger partial charge in [-0.25, -0.2) is 18.2 Å². The zero-order chi connectivity index (χ0) is 37.2. The molecule has 16 heteroatoms. The van der Waals surface area contributed by atoms with Gasteiger partial charge in [0.25, 0.3) is 0 Å². The number of carbonyl (C=O) groups excluding carboxylic acids is 1. The number of hydrogen-bond donors (Lipinski definition) is 2. The Balaban J connectivity index is 1.39. The Kier molecular flexibility index (Phi) is 9.18. The average molecular weight is 766 g/mol. The van der Waals surface area contributed by atoms with Gasteiger partial charge in [-0.15, -0.1) is 11.3 Å². The molecule has 6 heterocycles. The molecule has 0 aliphatic carbocycles. The molecule has 53 heavy (non-hydrogen) atoms. The van der Waals surface area contributed by atoms with E-state index in [1.165, 1.54) is 13.1 Å². The van der Waals surface area contributed by atoms with Gasteiger partial charge in [-0.3, -0.25) is 9.69 Å². The van der Waals surface area contributed by atoms with Crippen molar-refractivity contribution in [1.29, 1.82) is 10.5 Å². The molecule has 0 saturated carbocycles. The summed E-state index contributed by atoms with van der Waals surface area (Å²) in [5, 5.41) is 23.7. The monoisotopic (exact) mass is 765 g/mol. The molecule has 2 aromatic carbocycles. The molecule has 4 atom stereocenters. The van der Waals surface area contributed by atoms with Crippen LogP contribution in [0, 0.1) is 34.3 Å². The number of nitrogens with zero attached hydrogens (tertiary/aromatic N) is 5. The zero-order valence-corrected chi connectivity index (χ0v) is 30.3. The number of carbonyl (C=O) groups is 1. The standard InChI is InChI=1S/C37H35ClF3N7O4S/c1-45-35(49)24-12-19(6-11-50-24)48-9-3-10-51-32-27-30(29(41)26(28(32)38)20-4-5-23(40)33-25(20)21(14-42)34(44)53-33)46-36(22(15-43)31(27)48)52-17-37-7-2-8-47(37)16-18(39)13-37/h4-5,18-19,24H,2-3,6-13,16-17,44H2,1H3,(H,45,49)/t18-,19?,24?,37?/m1/s1. The average Bonchev–Trinajstić information content (AvgIpc) is 3.80. The Labute approximate surface area is 311 Å². The highest BCUT2D eigenvalue weighted by Crippen LogP contribution is 2.53. The number of hydrogen-bond acceptors (Lipinski definition) is 11. The van der Waals surface area contributed by atoms with Crippen LogP contribution in [0.1, 0.15) is 49.7 Å². The second-order valence-electron chi connectivity index (χ2n) is 14.0. The Hall–Kier alpha value is -4.54. The van der Waals surface area contributed by atoms with Gasteiger partial charge in [0.15, 0.2) is 5.82 Å². The van der Waals surface area contributed by atoms with Crippen molar-refractivity contribution < 1.29 is 32.2 Å². The normalized spacial score (nSPS) is 24.3. The van der Waals surface area contributed by atoms with Gasteiger partial charge < -0.3 is 30.2 Å². The number of thiophene rings is 1. The van der Waals surface area contributed by atoms with Crippen LogP contribution in [0.15, 0.2) is 12.1 Å².